The zero-order valence-electron chi connectivity index (χ0n) is 8.03. The molecule has 0 radical (unpaired) electrons. The van der Waals surface area contributed by atoms with Gasteiger partial charge in [-0.05, 0) is 0 Å². The molecule has 0 saturated heterocycles. The number of alkyl halides is 2. The highest BCUT2D eigenvalue weighted by atomic mass is 35.5. The summed E-state index contributed by atoms with van der Waals surface area (Å²) in [5.41, 5.74) is 0. The van der Waals surface area contributed by atoms with Crippen LogP contribution in [0.15, 0.2) is 0 Å². The van der Waals surface area contributed by atoms with Crippen LogP contribution >= 0.6 is 30.8 Å². The fourth-order valence-corrected chi connectivity index (χ4v) is 2.65. The fourth-order valence-electron chi connectivity index (χ4n) is 0.746. The zero-order valence-corrected chi connectivity index (χ0v) is 10.4. The van der Waals surface area contributed by atoms with Gasteiger partial charge in [0.2, 0.25) is 0 Å². The van der Waals surface area contributed by atoms with Crippen LogP contribution in [0.25, 0.3) is 0 Å². The van der Waals surface area contributed by atoms with Crippen LogP contribution in [0.4, 0.5) is 0 Å². The Morgan fingerprint density at radius 2 is 1.67 bits per heavy atom. The highest BCUT2D eigenvalue weighted by molar-refractivity contribution is 7.53. The van der Waals surface area contributed by atoms with Crippen molar-refractivity contribution < 1.29 is 23.5 Å². The first-order valence-electron chi connectivity index (χ1n) is 4.26. The van der Waals surface area contributed by atoms with E-state index in [2.05, 4.69) is 0 Å². The number of halogens is 2. The molecule has 0 aliphatic rings. The highest BCUT2D eigenvalue weighted by Crippen LogP contribution is 2.48. The third-order valence-corrected chi connectivity index (χ3v) is 3.56. The summed E-state index contributed by atoms with van der Waals surface area (Å²) in [5.74, 6) is -0.720. The van der Waals surface area contributed by atoms with E-state index in [1.165, 1.54) is 0 Å². The Morgan fingerprint density at radius 3 is 2.00 bits per heavy atom. The molecule has 0 spiro atoms. The number of aliphatic carboxylic acids is 1. The van der Waals surface area contributed by atoms with E-state index in [1.54, 1.807) is 0 Å². The molecule has 0 atom stereocenters. The summed E-state index contributed by atoms with van der Waals surface area (Å²) in [4.78, 5) is 10.3. The molecule has 0 aromatic heterocycles. The fraction of sp³-hybridized carbons (Fsp3) is 0.857. The van der Waals surface area contributed by atoms with Crippen LogP contribution in [0.5, 0.6) is 0 Å². The van der Waals surface area contributed by atoms with E-state index in [9.17, 15) is 9.36 Å². The van der Waals surface area contributed by atoms with E-state index in [4.69, 9.17) is 37.4 Å². The minimum atomic E-state index is -3.36. The number of hydrogen-bond donors (Lipinski definition) is 1. The number of rotatable bonds is 9. The van der Waals surface area contributed by atoms with Crippen molar-refractivity contribution in [1.82, 2.24) is 0 Å². The largest absolute Gasteiger partial charge is 0.481 e. The third kappa shape index (κ3) is 8.05. The van der Waals surface area contributed by atoms with Crippen molar-refractivity contribution in [3.05, 3.63) is 0 Å². The van der Waals surface area contributed by atoms with Crippen molar-refractivity contribution in [2.24, 2.45) is 0 Å². The molecule has 1 N–H and O–H groups in total. The summed E-state index contributed by atoms with van der Waals surface area (Å²) in [6.07, 6.45) is -0.446. The quantitative estimate of drug-likeness (QED) is 0.517. The molecule has 0 amide bonds. The van der Waals surface area contributed by atoms with Crippen LogP contribution in [0.2, 0.25) is 0 Å². The second-order valence-corrected chi connectivity index (χ2v) is 5.46. The lowest BCUT2D eigenvalue weighted by Gasteiger charge is -2.16. The Hall–Kier alpha value is 0.200. The summed E-state index contributed by atoms with van der Waals surface area (Å²) in [5, 5.41) is 8.44. The summed E-state index contributed by atoms with van der Waals surface area (Å²) >= 11 is 10.7. The van der Waals surface area contributed by atoms with Gasteiger partial charge < -0.3 is 14.2 Å². The average Bonchev–Trinajstić information content (AvgIpc) is 2.21. The maximum atomic E-state index is 11.8. The van der Waals surface area contributed by atoms with E-state index >= 15 is 0 Å². The molecule has 0 aromatic rings. The van der Waals surface area contributed by atoms with Gasteiger partial charge in [0, 0.05) is 11.8 Å². The van der Waals surface area contributed by atoms with Crippen molar-refractivity contribution in [2.45, 2.75) is 6.42 Å². The smallest absolute Gasteiger partial charge is 0.331 e. The lowest BCUT2D eigenvalue weighted by molar-refractivity contribution is -0.136. The van der Waals surface area contributed by atoms with Crippen molar-refractivity contribution >= 4 is 36.8 Å². The van der Waals surface area contributed by atoms with E-state index in [0.717, 1.165) is 0 Å². The maximum absolute atomic E-state index is 11.8. The van der Waals surface area contributed by atoms with Gasteiger partial charge in [0.15, 0.2) is 0 Å². The molecule has 0 aliphatic heterocycles. The van der Waals surface area contributed by atoms with E-state index in [-0.39, 0.29) is 37.6 Å². The Morgan fingerprint density at radius 1 is 1.20 bits per heavy atom. The van der Waals surface area contributed by atoms with Gasteiger partial charge in [0.25, 0.3) is 0 Å². The standard InChI is InChI=1S/C7H13Cl2O5P/c8-2-4-13-15(12,14-5-3-9)6-1-7(10)11/h1-6H2,(H,10,11). The van der Waals surface area contributed by atoms with E-state index in [1.807, 2.05) is 0 Å². The van der Waals surface area contributed by atoms with Crippen LogP contribution in [0, 0.1) is 0 Å². The molecule has 0 heterocycles. The molecule has 90 valence electrons. The van der Waals surface area contributed by atoms with Gasteiger partial charge in [-0.3, -0.25) is 9.36 Å². The van der Waals surface area contributed by atoms with Gasteiger partial charge in [0.05, 0.1) is 25.8 Å². The van der Waals surface area contributed by atoms with Crippen molar-refractivity contribution in [3.8, 4) is 0 Å². The first-order chi connectivity index (χ1) is 7.04. The molecule has 5 nitrogen and oxygen atoms in total. The third-order valence-electron chi connectivity index (χ3n) is 1.33. The highest BCUT2D eigenvalue weighted by Gasteiger charge is 2.25. The lowest BCUT2D eigenvalue weighted by Crippen LogP contribution is -2.07. The topological polar surface area (TPSA) is 72.8 Å². The second kappa shape index (κ2) is 8.36. The molecule has 0 bridgehead atoms. The Bertz CT molecular complexity index is 223. The Labute approximate surface area is 98.2 Å². The molecule has 0 saturated carbocycles. The summed E-state index contributed by atoms with van der Waals surface area (Å²) < 4.78 is 21.6. The first-order valence-corrected chi connectivity index (χ1v) is 7.05. The normalized spacial score (nSPS) is 11.6. The SMILES string of the molecule is O=C(O)CCP(=O)(OCCCl)OCCCl. The number of carboxylic acid groups (broad SMARTS) is 1. The van der Waals surface area contributed by atoms with Gasteiger partial charge in [-0.2, -0.15) is 0 Å². The van der Waals surface area contributed by atoms with Gasteiger partial charge in [-0.15, -0.1) is 23.2 Å². The number of hydrogen-bond acceptors (Lipinski definition) is 4. The molecule has 8 heteroatoms. The van der Waals surface area contributed by atoms with Crippen molar-refractivity contribution in [1.29, 1.82) is 0 Å². The Balaban J connectivity index is 4.13. The maximum Gasteiger partial charge on any atom is 0.331 e. The van der Waals surface area contributed by atoms with Gasteiger partial charge >= 0.3 is 13.6 Å². The monoisotopic (exact) mass is 278 g/mol. The minimum Gasteiger partial charge on any atom is -0.481 e. The van der Waals surface area contributed by atoms with Crippen LogP contribution in [0.3, 0.4) is 0 Å². The molecule has 0 rings (SSSR count). The molecular formula is C7H13Cl2O5P. The molecule has 0 aliphatic carbocycles. The summed E-state index contributed by atoms with van der Waals surface area (Å²) in [6, 6.07) is 0. The molecule has 0 unspecified atom stereocenters. The first kappa shape index (κ1) is 15.2. The van der Waals surface area contributed by atoms with Crippen molar-refractivity contribution in [3.63, 3.8) is 0 Å². The molecular weight excluding hydrogens is 266 g/mol. The molecule has 0 aromatic carbocycles. The Kier molecular flexibility index (Phi) is 8.47. The minimum absolute atomic E-state index is 0.0563. The van der Waals surface area contributed by atoms with Crippen LogP contribution in [-0.4, -0.2) is 42.2 Å². The average molecular weight is 279 g/mol. The number of carbonyl (C=O) groups is 1. The van der Waals surface area contributed by atoms with E-state index in [0.29, 0.717) is 0 Å². The van der Waals surface area contributed by atoms with Gasteiger partial charge in [0.1, 0.15) is 0 Å². The van der Waals surface area contributed by atoms with Crippen LogP contribution in [0.1, 0.15) is 6.42 Å². The van der Waals surface area contributed by atoms with Crippen LogP contribution in [-0.2, 0) is 18.4 Å². The van der Waals surface area contributed by atoms with Gasteiger partial charge in [-0.1, -0.05) is 0 Å². The molecule has 15 heavy (non-hydrogen) atoms. The van der Waals surface area contributed by atoms with Crippen molar-refractivity contribution in [2.75, 3.05) is 31.1 Å². The number of carboxylic acids is 1. The zero-order chi connectivity index (χ0) is 11.7. The predicted molar refractivity (Wildman–Crippen MR) is 58.1 cm³/mol. The lowest BCUT2D eigenvalue weighted by atomic mass is 10.5. The summed E-state index contributed by atoms with van der Waals surface area (Å²) in [7, 11) is -3.36. The second-order valence-electron chi connectivity index (χ2n) is 2.52. The summed E-state index contributed by atoms with van der Waals surface area (Å²) in [6.45, 7) is 0.113. The van der Waals surface area contributed by atoms with E-state index < -0.39 is 13.6 Å². The predicted octanol–water partition coefficient (Wildman–Crippen LogP) is 2.17. The molecule has 0 fully saturated rings. The van der Waals surface area contributed by atoms with Gasteiger partial charge in [-0.25, -0.2) is 0 Å². The van der Waals surface area contributed by atoms with Crippen LogP contribution < -0.4 is 0 Å².